The second kappa shape index (κ2) is 4.34. The first-order chi connectivity index (χ1) is 7.59. The van der Waals surface area contributed by atoms with Gasteiger partial charge in [0.05, 0.1) is 16.1 Å². The van der Waals surface area contributed by atoms with Crippen LogP contribution in [0.2, 0.25) is 0 Å². The van der Waals surface area contributed by atoms with Gasteiger partial charge in [0, 0.05) is 0 Å². The van der Waals surface area contributed by atoms with Crippen molar-refractivity contribution in [1.29, 1.82) is 0 Å². The lowest BCUT2D eigenvalue weighted by molar-refractivity contribution is -0.119. The Morgan fingerprint density at radius 2 is 2.00 bits per heavy atom. The monoisotopic (exact) mass is 233 g/mol. The number of para-hydroxylation sites is 1. The summed E-state index contributed by atoms with van der Waals surface area (Å²) in [6.07, 6.45) is 0. The average molecular weight is 233 g/mol. The second-order valence-electron chi connectivity index (χ2n) is 4.35. The molecule has 1 unspecified atom stereocenters. The van der Waals surface area contributed by atoms with E-state index in [9.17, 15) is 4.79 Å². The third kappa shape index (κ3) is 2.00. The minimum atomic E-state index is -0.0580. The lowest BCUT2D eigenvalue weighted by atomic mass is 9.93. The topological polar surface area (TPSA) is 30.0 Å². The number of fused-ring (bicyclic) bond motifs is 1. The SMILES string of the molecule is CC(=O)C(c1nc2ccccc2s1)C(C)C. The first kappa shape index (κ1) is 11.3. The highest BCUT2D eigenvalue weighted by molar-refractivity contribution is 7.18. The summed E-state index contributed by atoms with van der Waals surface area (Å²) >= 11 is 1.63. The Morgan fingerprint density at radius 3 is 2.56 bits per heavy atom. The van der Waals surface area contributed by atoms with Crippen LogP contribution in [-0.2, 0) is 4.79 Å². The van der Waals surface area contributed by atoms with Crippen LogP contribution in [0.1, 0.15) is 31.7 Å². The number of carbonyl (C=O) groups is 1. The Labute approximate surface area is 99.3 Å². The lowest BCUT2D eigenvalue weighted by Crippen LogP contribution is -2.14. The predicted molar refractivity (Wildman–Crippen MR) is 67.9 cm³/mol. The molecule has 2 rings (SSSR count). The maximum absolute atomic E-state index is 11.6. The van der Waals surface area contributed by atoms with Gasteiger partial charge in [-0.1, -0.05) is 26.0 Å². The van der Waals surface area contributed by atoms with Crippen LogP contribution in [0.25, 0.3) is 10.2 Å². The van der Waals surface area contributed by atoms with Crippen molar-refractivity contribution in [1.82, 2.24) is 4.98 Å². The molecule has 0 amide bonds. The largest absolute Gasteiger partial charge is 0.299 e. The van der Waals surface area contributed by atoms with E-state index < -0.39 is 0 Å². The van der Waals surface area contributed by atoms with Gasteiger partial charge in [0.2, 0.25) is 0 Å². The van der Waals surface area contributed by atoms with E-state index in [4.69, 9.17) is 0 Å². The molecule has 0 spiro atoms. The fourth-order valence-electron chi connectivity index (χ4n) is 1.95. The van der Waals surface area contributed by atoms with Gasteiger partial charge in [-0.05, 0) is 25.0 Å². The minimum absolute atomic E-state index is 0.0580. The molecule has 0 aliphatic rings. The summed E-state index contributed by atoms with van der Waals surface area (Å²) in [5.74, 6) is 0.449. The van der Waals surface area contributed by atoms with Gasteiger partial charge < -0.3 is 0 Å². The summed E-state index contributed by atoms with van der Waals surface area (Å²) in [6.45, 7) is 5.78. The second-order valence-corrected chi connectivity index (χ2v) is 5.41. The molecule has 1 aromatic carbocycles. The Bertz CT molecular complexity index is 482. The zero-order valence-electron chi connectivity index (χ0n) is 9.73. The summed E-state index contributed by atoms with van der Waals surface area (Å²) in [4.78, 5) is 16.2. The molecule has 16 heavy (non-hydrogen) atoms. The maximum Gasteiger partial charge on any atom is 0.139 e. The molecular weight excluding hydrogens is 218 g/mol. The fraction of sp³-hybridized carbons (Fsp3) is 0.385. The Kier molecular flexibility index (Phi) is 3.06. The molecule has 84 valence electrons. The zero-order chi connectivity index (χ0) is 11.7. The molecule has 1 atom stereocenters. The van der Waals surface area contributed by atoms with Crippen molar-refractivity contribution >= 4 is 27.3 Å². The molecule has 1 aromatic heterocycles. The highest BCUT2D eigenvalue weighted by Crippen LogP contribution is 2.32. The molecular formula is C13H15NOS. The molecule has 0 bridgehead atoms. The van der Waals surface area contributed by atoms with E-state index in [1.54, 1.807) is 18.3 Å². The first-order valence-electron chi connectivity index (χ1n) is 5.45. The van der Waals surface area contributed by atoms with Crippen molar-refractivity contribution in [3.8, 4) is 0 Å². The molecule has 3 heteroatoms. The number of carbonyl (C=O) groups excluding carboxylic acids is 1. The zero-order valence-corrected chi connectivity index (χ0v) is 10.5. The third-order valence-corrected chi connectivity index (χ3v) is 3.80. The molecule has 0 aliphatic carbocycles. The molecule has 1 heterocycles. The number of benzene rings is 1. The van der Waals surface area contributed by atoms with Crippen molar-refractivity contribution < 1.29 is 4.79 Å². The molecule has 0 aliphatic heterocycles. The number of hydrogen-bond donors (Lipinski definition) is 0. The average Bonchev–Trinajstić information content (AvgIpc) is 2.58. The first-order valence-corrected chi connectivity index (χ1v) is 6.27. The van der Waals surface area contributed by atoms with Gasteiger partial charge in [0.1, 0.15) is 10.8 Å². The van der Waals surface area contributed by atoms with E-state index in [0.29, 0.717) is 5.92 Å². The lowest BCUT2D eigenvalue weighted by Gasteiger charge is -2.14. The number of hydrogen-bond acceptors (Lipinski definition) is 3. The van der Waals surface area contributed by atoms with Gasteiger partial charge in [0.15, 0.2) is 0 Å². The van der Waals surface area contributed by atoms with Crippen molar-refractivity contribution in [3.05, 3.63) is 29.3 Å². The summed E-state index contributed by atoms with van der Waals surface area (Å²) in [5, 5.41) is 0.948. The molecule has 0 saturated carbocycles. The minimum Gasteiger partial charge on any atom is -0.299 e. The number of thiazole rings is 1. The molecule has 2 nitrogen and oxygen atoms in total. The van der Waals surface area contributed by atoms with E-state index in [1.165, 1.54) is 0 Å². The Morgan fingerprint density at radius 1 is 1.31 bits per heavy atom. The van der Waals surface area contributed by atoms with Crippen molar-refractivity contribution in [2.75, 3.05) is 0 Å². The fourth-order valence-corrected chi connectivity index (χ4v) is 3.25. The molecule has 0 N–H and O–H groups in total. The van der Waals surface area contributed by atoms with E-state index >= 15 is 0 Å². The van der Waals surface area contributed by atoms with Crippen LogP contribution in [0.3, 0.4) is 0 Å². The van der Waals surface area contributed by atoms with Crippen molar-refractivity contribution in [2.24, 2.45) is 5.92 Å². The Hall–Kier alpha value is -1.22. The summed E-state index contributed by atoms with van der Waals surface area (Å²) < 4.78 is 1.16. The normalized spacial score (nSPS) is 13.2. The molecule has 2 aromatic rings. The van der Waals surface area contributed by atoms with Crippen LogP contribution in [0.4, 0.5) is 0 Å². The van der Waals surface area contributed by atoms with Crippen molar-refractivity contribution in [2.45, 2.75) is 26.7 Å². The number of rotatable bonds is 3. The predicted octanol–water partition coefficient (Wildman–Crippen LogP) is 3.62. The molecule has 0 radical (unpaired) electrons. The third-order valence-electron chi connectivity index (χ3n) is 2.68. The number of aromatic nitrogens is 1. The van der Waals surface area contributed by atoms with Crippen LogP contribution >= 0.6 is 11.3 Å². The van der Waals surface area contributed by atoms with Crippen LogP contribution in [0, 0.1) is 5.92 Å². The van der Waals surface area contributed by atoms with Gasteiger partial charge in [-0.15, -0.1) is 11.3 Å². The highest BCUT2D eigenvalue weighted by Gasteiger charge is 2.24. The van der Waals surface area contributed by atoms with Crippen LogP contribution in [-0.4, -0.2) is 10.8 Å². The number of nitrogens with zero attached hydrogens (tertiary/aromatic N) is 1. The standard InChI is InChI=1S/C13H15NOS/c1-8(2)12(9(3)15)13-14-10-6-4-5-7-11(10)16-13/h4-8,12H,1-3H3. The summed E-state index contributed by atoms with van der Waals surface area (Å²) in [7, 11) is 0. The smallest absolute Gasteiger partial charge is 0.139 e. The van der Waals surface area contributed by atoms with E-state index in [2.05, 4.69) is 18.8 Å². The van der Waals surface area contributed by atoms with E-state index in [0.717, 1.165) is 15.2 Å². The van der Waals surface area contributed by atoms with E-state index in [-0.39, 0.29) is 11.7 Å². The van der Waals surface area contributed by atoms with Crippen LogP contribution in [0.15, 0.2) is 24.3 Å². The summed E-state index contributed by atoms with van der Waals surface area (Å²) in [5.41, 5.74) is 0.995. The van der Waals surface area contributed by atoms with Gasteiger partial charge in [0.25, 0.3) is 0 Å². The Balaban J connectivity index is 2.49. The van der Waals surface area contributed by atoms with Gasteiger partial charge >= 0.3 is 0 Å². The van der Waals surface area contributed by atoms with Crippen LogP contribution in [0.5, 0.6) is 0 Å². The van der Waals surface area contributed by atoms with Gasteiger partial charge in [-0.3, -0.25) is 4.79 Å². The van der Waals surface area contributed by atoms with E-state index in [1.807, 2.05) is 24.3 Å². The number of Topliss-reactive ketones (excluding diaryl/α,β-unsaturated/α-hetero) is 1. The summed E-state index contributed by atoms with van der Waals surface area (Å²) in [6, 6.07) is 8.02. The molecule has 0 saturated heterocycles. The number of ketones is 1. The quantitative estimate of drug-likeness (QED) is 0.810. The highest BCUT2D eigenvalue weighted by atomic mass is 32.1. The van der Waals surface area contributed by atoms with Gasteiger partial charge in [-0.25, -0.2) is 4.98 Å². The van der Waals surface area contributed by atoms with Crippen molar-refractivity contribution in [3.63, 3.8) is 0 Å². The maximum atomic E-state index is 11.6. The van der Waals surface area contributed by atoms with Gasteiger partial charge in [-0.2, -0.15) is 0 Å². The van der Waals surface area contributed by atoms with Crippen LogP contribution < -0.4 is 0 Å². The molecule has 0 fully saturated rings.